The second-order valence-electron chi connectivity index (χ2n) is 8.88. The van der Waals surface area contributed by atoms with Crippen molar-refractivity contribution in [3.63, 3.8) is 0 Å². The molecule has 2 N–H and O–H groups in total. The number of aryl methyl sites for hydroxylation is 3. The lowest BCUT2D eigenvalue weighted by Gasteiger charge is -2.29. The van der Waals surface area contributed by atoms with E-state index in [0.717, 1.165) is 31.0 Å². The molecular weight excluding hydrogens is 566 g/mol. The van der Waals surface area contributed by atoms with Gasteiger partial charge in [0.25, 0.3) is 10.0 Å². The number of carbonyl (C=O) groups is 1. The molecule has 1 saturated heterocycles. The number of aliphatic carboxylic acids is 1. The van der Waals surface area contributed by atoms with E-state index < -0.39 is 28.0 Å². The van der Waals surface area contributed by atoms with Crippen molar-refractivity contribution < 1.29 is 40.3 Å². The van der Waals surface area contributed by atoms with E-state index >= 15 is 0 Å². The number of aromatic nitrogens is 2. The lowest BCUT2D eigenvalue weighted by molar-refractivity contribution is -0.192. The van der Waals surface area contributed by atoms with Crippen molar-refractivity contribution >= 4 is 38.8 Å². The predicted octanol–water partition coefficient (Wildman–Crippen LogP) is 4.34. The van der Waals surface area contributed by atoms with Crippen LogP contribution in [0.1, 0.15) is 29.3 Å². The maximum Gasteiger partial charge on any atom is 0.490 e. The molecule has 2 aromatic heterocycles. The Morgan fingerprint density at radius 1 is 1.31 bits per heavy atom. The van der Waals surface area contributed by atoms with Gasteiger partial charge in [0.15, 0.2) is 11.7 Å². The summed E-state index contributed by atoms with van der Waals surface area (Å²) in [7, 11) is -2.15. The Morgan fingerprint density at radius 2 is 1.97 bits per heavy atom. The predicted molar refractivity (Wildman–Crippen MR) is 136 cm³/mol. The summed E-state index contributed by atoms with van der Waals surface area (Å²) in [5.41, 5.74) is 3.81. The smallest absolute Gasteiger partial charge is 0.475 e. The largest absolute Gasteiger partial charge is 0.490 e. The van der Waals surface area contributed by atoms with Gasteiger partial charge in [0.05, 0.1) is 11.2 Å². The Morgan fingerprint density at radius 3 is 2.51 bits per heavy atom. The second kappa shape index (κ2) is 11.9. The summed E-state index contributed by atoms with van der Waals surface area (Å²) in [6.07, 6.45) is -4.17. The van der Waals surface area contributed by atoms with E-state index in [1.54, 1.807) is 12.3 Å². The van der Waals surface area contributed by atoms with Crippen LogP contribution in [0, 0.1) is 26.6 Å². The molecule has 0 unspecified atom stereocenters. The Labute approximate surface area is 226 Å². The number of nitrogens with zero attached hydrogens (tertiary/aromatic N) is 4. The van der Waals surface area contributed by atoms with Crippen LogP contribution in [0.3, 0.4) is 0 Å². The first-order valence-electron chi connectivity index (χ1n) is 11.5. The number of likely N-dealkylation sites (tertiary alicyclic amines) is 1. The van der Waals surface area contributed by atoms with Gasteiger partial charge in [-0.1, -0.05) is 0 Å². The van der Waals surface area contributed by atoms with E-state index in [9.17, 15) is 26.0 Å². The number of carboxylic acids is 1. The molecular formula is C23H27F4N5O5S2. The lowest BCUT2D eigenvalue weighted by Crippen LogP contribution is -2.35. The number of hydrogen-bond donors (Lipinski definition) is 2. The van der Waals surface area contributed by atoms with Crippen LogP contribution in [0.15, 0.2) is 32.3 Å². The number of rotatable bonds is 7. The number of alkyl halides is 3. The van der Waals surface area contributed by atoms with Crippen LogP contribution in [0.5, 0.6) is 0 Å². The fraction of sp³-hybridized carbons (Fsp3) is 0.435. The molecule has 0 aliphatic carbocycles. The Balaban J connectivity index is 0.000000532. The van der Waals surface area contributed by atoms with Gasteiger partial charge in [-0.3, -0.25) is 9.62 Å². The molecule has 39 heavy (non-hydrogen) atoms. The zero-order chi connectivity index (χ0) is 29.1. The van der Waals surface area contributed by atoms with Crippen LogP contribution in [0.25, 0.3) is 0 Å². The maximum atomic E-state index is 14.9. The SMILES string of the molecule is Cc1nc(CN2CC[C@H](N(C)c3cc(F)c(S(=O)(=O)Nc4cscn4)cc3C)C2)c(C)o1.O=C(O)C(F)(F)F. The van der Waals surface area contributed by atoms with Crippen molar-refractivity contribution in [2.24, 2.45) is 0 Å². The van der Waals surface area contributed by atoms with E-state index in [1.807, 2.05) is 25.8 Å². The summed E-state index contributed by atoms with van der Waals surface area (Å²) >= 11 is 1.25. The average Bonchev–Trinajstić information content (AvgIpc) is 3.57. The number of likely N-dealkylation sites (N-methyl/N-ethyl adjacent to an activating group) is 1. The van der Waals surface area contributed by atoms with Gasteiger partial charge in [-0.25, -0.2) is 27.6 Å². The molecule has 3 aromatic rings. The van der Waals surface area contributed by atoms with E-state index in [2.05, 4.69) is 19.6 Å². The number of halogens is 4. The van der Waals surface area contributed by atoms with Crippen molar-refractivity contribution in [2.45, 2.75) is 50.9 Å². The molecule has 1 aliphatic heterocycles. The zero-order valence-electron chi connectivity index (χ0n) is 21.4. The molecule has 1 fully saturated rings. The van der Waals surface area contributed by atoms with E-state index in [1.165, 1.54) is 29.0 Å². The summed E-state index contributed by atoms with van der Waals surface area (Å²) in [5, 5.41) is 8.68. The topological polar surface area (TPSA) is 129 Å². The number of benzene rings is 1. The highest BCUT2D eigenvalue weighted by atomic mass is 32.2. The molecule has 1 aromatic carbocycles. The van der Waals surface area contributed by atoms with Crippen molar-refractivity contribution in [2.75, 3.05) is 29.8 Å². The van der Waals surface area contributed by atoms with Crippen LogP contribution >= 0.6 is 11.3 Å². The summed E-state index contributed by atoms with van der Waals surface area (Å²) in [5.74, 6) is -1.87. The zero-order valence-corrected chi connectivity index (χ0v) is 23.0. The summed E-state index contributed by atoms with van der Waals surface area (Å²) in [6, 6.07) is 2.86. The van der Waals surface area contributed by atoms with Crippen molar-refractivity contribution in [1.82, 2.24) is 14.9 Å². The number of nitrogens with one attached hydrogen (secondary N) is 1. The molecule has 1 atom stereocenters. The van der Waals surface area contributed by atoms with Gasteiger partial charge in [0.2, 0.25) is 0 Å². The lowest BCUT2D eigenvalue weighted by atomic mass is 10.1. The molecule has 0 spiro atoms. The first kappa shape index (κ1) is 30.3. The van der Waals surface area contributed by atoms with Crippen molar-refractivity contribution in [3.8, 4) is 0 Å². The van der Waals surface area contributed by atoms with Crippen molar-refractivity contribution in [3.05, 3.63) is 51.7 Å². The molecule has 1 aliphatic rings. The van der Waals surface area contributed by atoms with Crippen LogP contribution in [0.4, 0.5) is 29.1 Å². The second-order valence-corrected chi connectivity index (χ2v) is 11.2. The monoisotopic (exact) mass is 593 g/mol. The molecule has 16 heteroatoms. The quantitative estimate of drug-likeness (QED) is 0.385. The van der Waals surface area contributed by atoms with Gasteiger partial charge < -0.3 is 14.4 Å². The number of carboxylic acid groups (broad SMARTS) is 1. The summed E-state index contributed by atoms with van der Waals surface area (Å²) in [4.78, 5) is 21.2. The molecule has 0 bridgehead atoms. The van der Waals surface area contributed by atoms with Gasteiger partial charge in [-0.15, -0.1) is 11.3 Å². The van der Waals surface area contributed by atoms with E-state index in [4.69, 9.17) is 14.3 Å². The highest BCUT2D eigenvalue weighted by molar-refractivity contribution is 7.92. The van der Waals surface area contributed by atoms with Crippen LogP contribution in [-0.4, -0.2) is 66.7 Å². The Kier molecular flexibility index (Phi) is 9.23. The van der Waals surface area contributed by atoms with Crippen LogP contribution in [0.2, 0.25) is 0 Å². The minimum absolute atomic E-state index is 0.178. The van der Waals surface area contributed by atoms with Gasteiger partial charge in [0.1, 0.15) is 16.5 Å². The number of sulfonamides is 1. The third kappa shape index (κ3) is 7.67. The van der Waals surface area contributed by atoms with Gasteiger partial charge in [-0.05, 0) is 38.0 Å². The number of thiazole rings is 1. The van der Waals surface area contributed by atoms with E-state index in [-0.39, 0.29) is 16.8 Å². The number of hydrogen-bond acceptors (Lipinski definition) is 9. The fourth-order valence-electron chi connectivity index (χ4n) is 4.09. The first-order valence-corrected chi connectivity index (χ1v) is 13.9. The average molecular weight is 594 g/mol. The minimum Gasteiger partial charge on any atom is -0.475 e. The summed E-state index contributed by atoms with van der Waals surface area (Å²) in [6.45, 7) is 7.95. The highest BCUT2D eigenvalue weighted by Gasteiger charge is 2.38. The van der Waals surface area contributed by atoms with Crippen LogP contribution in [-0.2, 0) is 21.4 Å². The van der Waals surface area contributed by atoms with Gasteiger partial charge in [0, 0.05) is 50.7 Å². The maximum absolute atomic E-state index is 14.9. The molecule has 3 heterocycles. The molecule has 0 amide bonds. The van der Waals surface area contributed by atoms with Crippen LogP contribution < -0.4 is 9.62 Å². The van der Waals surface area contributed by atoms with Crippen molar-refractivity contribution in [1.29, 1.82) is 0 Å². The normalized spacial score (nSPS) is 16.1. The fourth-order valence-corrected chi connectivity index (χ4v) is 5.79. The van der Waals surface area contributed by atoms with Gasteiger partial charge in [-0.2, -0.15) is 13.2 Å². The first-order chi connectivity index (χ1) is 18.1. The highest BCUT2D eigenvalue weighted by Crippen LogP contribution is 2.30. The minimum atomic E-state index is -5.08. The Hall–Kier alpha value is -3.24. The van der Waals surface area contributed by atoms with Gasteiger partial charge >= 0.3 is 12.1 Å². The third-order valence-corrected chi connectivity index (χ3v) is 7.96. The number of oxazole rings is 1. The third-order valence-electron chi connectivity index (χ3n) is 6.00. The molecule has 0 radical (unpaired) electrons. The Bertz CT molecular complexity index is 1410. The molecule has 214 valence electrons. The molecule has 0 saturated carbocycles. The molecule has 4 rings (SSSR count). The molecule has 10 nitrogen and oxygen atoms in total. The standard InChI is InChI=1S/C21H26FN5O3S2.C2HF3O2/c1-13-7-20(32(28,29)25-21-11-31-12-23-21)17(22)8-19(13)26(4)16-5-6-27(9-16)10-18-14(2)30-15(3)24-18;3-2(4,5)1(6)7/h7-8,11-12,16,25H,5-6,9-10H2,1-4H3;(H,6,7)/t16-;/m0./s1. The number of anilines is 2. The van der Waals surface area contributed by atoms with E-state index in [0.29, 0.717) is 23.7 Å². The summed E-state index contributed by atoms with van der Waals surface area (Å²) < 4.78 is 79.8.